The Morgan fingerprint density at radius 3 is 2.26 bits per heavy atom. The molecule has 0 saturated carbocycles. The van der Waals surface area contributed by atoms with Crippen LogP contribution in [0.25, 0.3) is 0 Å². The first kappa shape index (κ1) is 19.0. The van der Waals surface area contributed by atoms with Crippen LogP contribution < -0.4 is 5.32 Å². The Hall–Kier alpha value is -0.0300. The molecule has 0 radical (unpaired) electrons. The monoisotopic (exact) mass is 311 g/mol. The van der Waals surface area contributed by atoms with E-state index in [-0.39, 0.29) is 30.7 Å². The number of nitrogens with one attached hydrogen (secondary N) is 1. The first-order valence-corrected chi connectivity index (χ1v) is 6.84. The van der Waals surface area contributed by atoms with Gasteiger partial charge in [-0.1, -0.05) is 0 Å². The predicted molar refractivity (Wildman–Crippen MR) is 83.4 cm³/mol. The van der Waals surface area contributed by atoms with Gasteiger partial charge >= 0.3 is 0 Å². The Morgan fingerprint density at radius 2 is 1.79 bits per heavy atom. The van der Waals surface area contributed by atoms with Gasteiger partial charge in [-0.05, 0) is 46.3 Å². The third-order valence-electron chi connectivity index (χ3n) is 4.15. The smallest absolute Gasteiger partial charge is 0.226 e. The van der Waals surface area contributed by atoms with Gasteiger partial charge in [0.1, 0.15) is 0 Å². The van der Waals surface area contributed by atoms with Crippen molar-refractivity contribution in [1.82, 2.24) is 15.1 Å². The first-order valence-electron chi connectivity index (χ1n) is 6.84. The SMILES string of the molecule is CN(C)C1CCN(C(=O)[C@@H]2CCCNC2)CC1.Cl.Cl. The molecule has 1 N–H and O–H groups in total. The molecule has 2 heterocycles. The summed E-state index contributed by atoms with van der Waals surface area (Å²) in [4.78, 5) is 16.7. The zero-order valence-electron chi connectivity index (χ0n) is 11.9. The second-order valence-electron chi connectivity index (χ2n) is 5.56. The molecule has 0 bridgehead atoms. The van der Waals surface area contributed by atoms with Crippen molar-refractivity contribution in [2.24, 2.45) is 5.92 Å². The van der Waals surface area contributed by atoms with Gasteiger partial charge in [0.25, 0.3) is 0 Å². The summed E-state index contributed by atoms with van der Waals surface area (Å²) in [6.07, 6.45) is 4.46. The highest BCUT2D eigenvalue weighted by molar-refractivity contribution is 5.85. The van der Waals surface area contributed by atoms with Crippen molar-refractivity contribution in [3.63, 3.8) is 0 Å². The summed E-state index contributed by atoms with van der Waals surface area (Å²) in [7, 11) is 4.26. The maximum absolute atomic E-state index is 12.3. The molecule has 0 unspecified atom stereocenters. The molecule has 6 heteroatoms. The van der Waals surface area contributed by atoms with Gasteiger partial charge in [-0.3, -0.25) is 4.79 Å². The molecular formula is C13H27Cl2N3O. The van der Waals surface area contributed by atoms with Crippen LogP contribution in [0, 0.1) is 5.92 Å². The number of carbonyl (C=O) groups is 1. The molecule has 2 saturated heterocycles. The summed E-state index contributed by atoms with van der Waals surface area (Å²) in [5.74, 6) is 0.620. The molecule has 0 aliphatic carbocycles. The summed E-state index contributed by atoms with van der Waals surface area (Å²) < 4.78 is 0. The summed E-state index contributed by atoms with van der Waals surface area (Å²) in [5.41, 5.74) is 0. The van der Waals surface area contributed by atoms with Crippen molar-refractivity contribution in [2.75, 3.05) is 40.3 Å². The normalized spacial score (nSPS) is 24.6. The van der Waals surface area contributed by atoms with Gasteiger partial charge in [0, 0.05) is 25.7 Å². The number of piperidine rings is 2. The molecular weight excluding hydrogens is 285 g/mol. The van der Waals surface area contributed by atoms with Crippen LogP contribution >= 0.6 is 24.8 Å². The molecule has 2 fully saturated rings. The Balaban J connectivity index is 0.00000162. The average Bonchev–Trinajstić information content (AvgIpc) is 2.39. The molecule has 1 amide bonds. The average molecular weight is 312 g/mol. The fourth-order valence-corrected chi connectivity index (χ4v) is 2.92. The third kappa shape index (κ3) is 5.10. The Morgan fingerprint density at radius 1 is 1.16 bits per heavy atom. The van der Waals surface area contributed by atoms with Crippen molar-refractivity contribution < 1.29 is 4.79 Å². The Bertz CT molecular complexity index is 263. The molecule has 2 aliphatic heterocycles. The van der Waals surface area contributed by atoms with Gasteiger partial charge in [0.2, 0.25) is 5.91 Å². The first-order chi connectivity index (χ1) is 8.18. The van der Waals surface area contributed by atoms with Crippen LogP contribution in [-0.4, -0.2) is 62.0 Å². The van der Waals surface area contributed by atoms with Gasteiger partial charge in [0.05, 0.1) is 5.92 Å². The fourth-order valence-electron chi connectivity index (χ4n) is 2.92. The van der Waals surface area contributed by atoms with E-state index in [0.29, 0.717) is 11.9 Å². The minimum Gasteiger partial charge on any atom is -0.342 e. The van der Waals surface area contributed by atoms with Crippen LogP contribution in [0.1, 0.15) is 25.7 Å². The van der Waals surface area contributed by atoms with Gasteiger partial charge < -0.3 is 15.1 Å². The molecule has 0 aromatic heterocycles. The Labute approximate surface area is 129 Å². The summed E-state index contributed by atoms with van der Waals surface area (Å²) in [6.45, 7) is 3.84. The number of hydrogen-bond acceptors (Lipinski definition) is 3. The number of amides is 1. The number of nitrogens with zero attached hydrogens (tertiary/aromatic N) is 2. The minimum absolute atomic E-state index is 0. The second-order valence-corrected chi connectivity index (χ2v) is 5.56. The van der Waals surface area contributed by atoms with E-state index in [1.807, 2.05) is 0 Å². The van der Waals surface area contributed by atoms with Crippen LogP contribution in [0.15, 0.2) is 0 Å². The van der Waals surface area contributed by atoms with Crippen LogP contribution in [0.3, 0.4) is 0 Å². The van der Waals surface area contributed by atoms with Crippen molar-refractivity contribution in [3.05, 3.63) is 0 Å². The molecule has 4 nitrogen and oxygen atoms in total. The largest absolute Gasteiger partial charge is 0.342 e. The highest BCUT2D eigenvalue weighted by Gasteiger charge is 2.29. The number of halogens is 2. The summed E-state index contributed by atoms with van der Waals surface area (Å²) >= 11 is 0. The maximum Gasteiger partial charge on any atom is 0.226 e. The number of carbonyl (C=O) groups excluding carboxylic acids is 1. The van der Waals surface area contributed by atoms with E-state index in [9.17, 15) is 4.79 Å². The highest BCUT2D eigenvalue weighted by Crippen LogP contribution is 2.19. The molecule has 2 rings (SSSR count). The van der Waals surface area contributed by atoms with Crippen molar-refractivity contribution >= 4 is 30.7 Å². The van der Waals surface area contributed by atoms with Gasteiger partial charge in [-0.15, -0.1) is 24.8 Å². The highest BCUT2D eigenvalue weighted by atomic mass is 35.5. The summed E-state index contributed by atoms with van der Waals surface area (Å²) in [6, 6.07) is 0.656. The lowest BCUT2D eigenvalue weighted by Crippen LogP contribution is -2.48. The molecule has 0 aromatic carbocycles. The summed E-state index contributed by atoms with van der Waals surface area (Å²) in [5, 5.41) is 3.33. The molecule has 114 valence electrons. The number of likely N-dealkylation sites (tertiary alicyclic amines) is 1. The lowest BCUT2D eigenvalue weighted by Gasteiger charge is -2.37. The van der Waals surface area contributed by atoms with E-state index in [4.69, 9.17) is 0 Å². The Kier molecular flexibility index (Phi) is 8.99. The van der Waals surface area contributed by atoms with Crippen LogP contribution in [0.2, 0.25) is 0 Å². The number of rotatable bonds is 2. The van der Waals surface area contributed by atoms with E-state index in [1.54, 1.807) is 0 Å². The van der Waals surface area contributed by atoms with E-state index in [2.05, 4.69) is 29.2 Å². The number of hydrogen-bond donors (Lipinski definition) is 1. The van der Waals surface area contributed by atoms with Gasteiger partial charge in [-0.2, -0.15) is 0 Å². The standard InChI is InChI=1S/C13H25N3O.2ClH/c1-15(2)12-5-8-16(9-6-12)13(17)11-4-3-7-14-10-11;;/h11-12,14H,3-10H2,1-2H3;2*1H/t11-;;/m1../s1. The van der Waals surface area contributed by atoms with Crippen molar-refractivity contribution in [2.45, 2.75) is 31.7 Å². The lowest BCUT2D eigenvalue weighted by atomic mass is 9.96. The molecule has 1 atom stereocenters. The van der Waals surface area contributed by atoms with Crippen molar-refractivity contribution in [1.29, 1.82) is 0 Å². The predicted octanol–water partition coefficient (Wildman–Crippen LogP) is 1.38. The lowest BCUT2D eigenvalue weighted by molar-refractivity contribution is -0.137. The minimum atomic E-state index is 0. The van der Waals surface area contributed by atoms with E-state index in [0.717, 1.165) is 51.9 Å². The van der Waals surface area contributed by atoms with Crippen LogP contribution in [0.5, 0.6) is 0 Å². The van der Waals surface area contributed by atoms with Crippen LogP contribution in [-0.2, 0) is 4.79 Å². The zero-order chi connectivity index (χ0) is 12.3. The maximum atomic E-state index is 12.3. The topological polar surface area (TPSA) is 35.6 Å². The quantitative estimate of drug-likeness (QED) is 0.837. The van der Waals surface area contributed by atoms with Gasteiger partial charge in [0.15, 0.2) is 0 Å². The molecule has 0 spiro atoms. The van der Waals surface area contributed by atoms with E-state index >= 15 is 0 Å². The van der Waals surface area contributed by atoms with E-state index < -0.39 is 0 Å². The van der Waals surface area contributed by atoms with Crippen molar-refractivity contribution in [3.8, 4) is 0 Å². The van der Waals surface area contributed by atoms with Crippen LogP contribution in [0.4, 0.5) is 0 Å². The molecule has 19 heavy (non-hydrogen) atoms. The van der Waals surface area contributed by atoms with Gasteiger partial charge in [-0.25, -0.2) is 0 Å². The zero-order valence-corrected chi connectivity index (χ0v) is 13.6. The molecule has 0 aromatic rings. The second kappa shape index (κ2) is 9.01. The van der Waals surface area contributed by atoms with E-state index in [1.165, 1.54) is 0 Å². The third-order valence-corrected chi connectivity index (χ3v) is 4.15. The molecule has 2 aliphatic rings. The fraction of sp³-hybridized carbons (Fsp3) is 0.923.